The highest BCUT2D eigenvalue weighted by Gasteiger charge is 2.40. The standard InChI is InChI=1S/C13H15N3O6/c17-10(14-13(4-1-5-13)6-12(19)20)8-15-7-9(16(21)22)2-3-11(15)18/h2-3,7H,1,4-6,8H2,(H,14,17)(H,19,20). The van der Waals surface area contributed by atoms with Crippen LogP contribution in [0.1, 0.15) is 25.7 Å². The van der Waals surface area contributed by atoms with E-state index in [2.05, 4.69) is 5.32 Å². The minimum atomic E-state index is -1.01. The summed E-state index contributed by atoms with van der Waals surface area (Å²) in [6.45, 7) is -0.387. The molecule has 9 heteroatoms. The van der Waals surface area contributed by atoms with Crippen LogP contribution in [-0.4, -0.2) is 32.0 Å². The van der Waals surface area contributed by atoms with Crippen LogP contribution in [-0.2, 0) is 16.1 Å². The second-order valence-electron chi connectivity index (χ2n) is 5.36. The molecule has 0 radical (unpaired) electrons. The number of nitro groups is 1. The fourth-order valence-corrected chi connectivity index (χ4v) is 2.48. The highest BCUT2D eigenvalue weighted by Crippen LogP contribution is 2.34. The van der Waals surface area contributed by atoms with Gasteiger partial charge in [-0.25, -0.2) is 0 Å². The second-order valence-corrected chi connectivity index (χ2v) is 5.36. The monoisotopic (exact) mass is 309 g/mol. The molecule has 0 bridgehead atoms. The van der Waals surface area contributed by atoms with Crippen LogP contribution in [0.2, 0.25) is 0 Å². The summed E-state index contributed by atoms with van der Waals surface area (Å²) < 4.78 is 0.931. The number of amides is 1. The Bertz CT molecular complexity index is 677. The van der Waals surface area contributed by atoms with Gasteiger partial charge in [-0.05, 0) is 19.3 Å². The van der Waals surface area contributed by atoms with Gasteiger partial charge in [0.25, 0.3) is 11.2 Å². The topological polar surface area (TPSA) is 132 Å². The van der Waals surface area contributed by atoms with Crippen molar-refractivity contribution in [3.05, 3.63) is 38.8 Å². The number of carbonyl (C=O) groups is 2. The van der Waals surface area contributed by atoms with Crippen molar-refractivity contribution in [2.24, 2.45) is 0 Å². The quantitative estimate of drug-likeness (QED) is 0.572. The van der Waals surface area contributed by atoms with E-state index in [1.807, 2.05) is 0 Å². The molecule has 1 heterocycles. The Morgan fingerprint density at radius 3 is 2.59 bits per heavy atom. The van der Waals surface area contributed by atoms with Crippen molar-refractivity contribution in [1.82, 2.24) is 9.88 Å². The van der Waals surface area contributed by atoms with Crippen molar-refractivity contribution in [2.45, 2.75) is 37.8 Å². The fraction of sp³-hybridized carbons (Fsp3) is 0.462. The van der Waals surface area contributed by atoms with Crippen molar-refractivity contribution >= 4 is 17.6 Å². The van der Waals surface area contributed by atoms with Crippen molar-refractivity contribution in [1.29, 1.82) is 0 Å². The van der Waals surface area contributed by atoms with E-state index < -0.39 is 27.9 Å². The van der Waals surface area contributed by atoms with Crippen LogP contribution in [0, 0.1) is 10.1 Å². The van der Waals surface area contributed by atoms with Gasteiger partial charge >= 0.3 is 5.97 Å². The van der Waals surface area contributed by atoms with E-state index in [4.69, 9.17) is 5.11 Å². The molecule has 1 aromatic rings. The predicted molar refractivity (Wildman–Crippen MR) is 74.3 cm³/mol. The molecular formula is C13H15N3O6. The molecule has 2 N–H and O–H groups in total. The largest absolute Gasteiger partial charge is 0.481 e. The van der Waals surface area contributed by atoms with Crippen molar-refractivity contribution in [3.8, 4) is 0 Å². The number of carboxylic acids is 1. The van der Waals surface area contributed by atoms with Gasteiger partial charge in [0.2, 0.25) is 5.91 Å². The molecular weight excluding hydrogens is 294 g/mol. The smallest absolute Gasteiger partial charge is 0.305 e. The van der Waals surface area contributed by atoms with Gasteiger partial charge in [-0.15, -0.1) is 0 Å². The molecule has 0 aliphatic heterocycles. The van der Waals surface area contributed by atoms with Crippen LogP contribution in [0.3, 0.4) is 0 Å². The first kappa shape index (κ1) is 15.7. The Labute approximate surface area is 124 Å². The minimum Gasteiger partial charge on any atom is -0.481 e. The van der Waals surface area contributed by atoms with Crippen LogP contribution < -0.4 is 10.9 Å². The van der Waals surface area contributed by atoms with E-state index in [1.54, 1.807) is 0 Å². The lowest BCUT2D eigenvalue weighted by Crippen LogP contribution is -2.55. The summed E-state index contributed by atoms with van der Waals surface area (Å²) >= 11 is 0. The zero-order valence-corrected chi connectivity index (χ0v) is 11.7. The number of pyridine rings is 1. The van der Waals surface area contributed by atoms with Gasteiger partial charge in [-0.1, -0.05) is 0 Å². The van der Waals surface area contributed by atoms with Gasteiger partial charge in [0.05, 0.1) is 23.1 Å². The van der Waals surface area contributed by atoms with Crippen LogP contribution in [0.4, 0.5) is 5.69 Å². The highest BCUT2D eigenvalue weighted by atomic mass is 16.6. The lowest BCUT2D eigenvalue weighted by atomic mass is 9.74. The lowest BCUT2D eigenvalue weighted by molar-refractivity contribution is -0.385. The van der Waals surface area contributed by atoms with Crippen LogP contribution in [0.25, 0.3) is 0 Å². The van der Waals surface area contributed by atoms with Gasteiger partial charge in [0.15, 0.2) is 0 Å². The Morgan fingerprint density at radius 1 is 1.41 bits per heavy atom. The lowest BCUT2D eigenvalue weighted by Gasteiger charge is -2.41. The molecule has 0 spiro atoms. The van der Waals surface area contributed by atoms with Crippen molar-refractivity contribution < 1.29 is 19.6 Å². The molecule has 0 saturated heterocycles. The van der Waals surface area contributed by atoms with Gasteiger partial charge in [-0.3, -0.25) is 29.1 Å². The average Bonchev–Trinajstić information content (AvgIpc) is 2.37. The Morgan fingerprint density at radius 2 is 2.09 bits per heavy atom. The third kappa shape index (κ3) is 3.48. The zero-order valence-electron chi connectivity index (χ0n) is 11.7. The number of carbonyl (C=O) groups excluding carboxylic acids is 1. The average molecular weight is 309 g/mol. The second kappa shape index (κ2) is 5.96. The summed E-state index contributed by atoms with van der Waals surface area (Å²) in [6, 6.07) is 2.08. The predicted octanol–water partition coefficient (Wildman–Crippen LogP) is 0.270. The van der Waals surface area contributed by atoms with E-state index in [-0.39, 0.29) is 18.7 Å². The molecule has 0 atom stereocenters. The fourth-order valence-electron chi connectivity index (χ4n) is 2.48. The number of hydrogen-bond acceptors (Lipinski definition) is 5. The van der Waals surface area contributed by atoms with Gasteiger partial charge in [-0.2, -0.15) is 0 Å². The zero-order chi connectivity index (χ0) is 16.3. The number of nitrogens with zero attached hydrogens (tertiary/aromatic N) is 2. The van der Waals surface area contributed by atoms with E-state index >= 15 is 0 Å². The maximum atomic E-state index is 12.0. The summed E-state index contributed by atoms with van der Waals surface area (Å²) in [6.07, 6.45) is 2.77. The van der Waals surface area contributed by atoms with Crippen molar-refractivity contribution in [2.75, 3.05) is 0 Å². The van der Waals surface area contributed by atoms with E-state index in [0.717, 1.165) is 29.3 Å². The van der Waals surface area contributed by atoms with Gasteiger partial charge < -0.3 is 10.4 Å². The molecule has 1 amide bonds. The van der Waals surface area contributed by atoms with Crippen LogP contribution in [0.5, 0.6) is 0 Å². The van der Waals surface area contributed by atoms with Gasteiger partial charge in [0, 0.05) is 12.1 Å². The van der Waals surface area contributed by atoms with Gasteiger partial charge in [0.1, 0.15) is 6.54 Å². The molecule has 9 nitrogen and oxygen atoms in total. The molecule has 1 fully saturated rings. The third-order valence-electron chi connectivity index (χ3n) is 3.70. The summed E-state index contributed by atoms with van der Waals surface area (Å²) in [7, 11) is 0. The highest BCUT2D eigenvalue weighted by molar-refractivity contribution is 5.78. The first-order valence-electron chi connectivity index (χ1n) is 6.69. The summed E-state index contributed by atoms with van der Waals surface area (Å²) in [5, 5.41) is 22.2. The number of aliphatic carboxylic acids is 1. The molecule has 0 unspecified atom stereocenters. The molecule has 22 heavy (non-hydrogen) atoms. The normalized spacial score (nSPS) is 15.6. The first-order chi connectivity index (χ1) is 10.3. The number of carboxylic acid groups (broad SMARTS) is 1. The SMILES string of the molecule is O=C(O)CC1(NC(=O)Cn2cc([N+](=O)[O-])ccc2=O)CCC1. The maximum absolute atomic E-state index is 12.0. The Kier molecular flexibility index (Phi) is 4.25. The molecule has 0 aromatic carbocycles. The Hall–Kier alpha value is -2.71. The summed E-state index contributed by atoms with van der Waals surface area (Å²) in [4.78, 5) is 44.5. The van der Waals surface area contributed by atoms with Crippen molar-refractivity contribution in [3.63, 3.8) is 0 Å². The van der Waals surface area contributed by atoms with E-state index in [9.17, 15) is 24.5 Å². The third-order valence-corrected chi connectivity index (χ3v) is 3.70. The van der Waals surface area contributed by atoms with Crippen LogP contribution >= 0.6 is 0 Å². The van der Waals surface area contributed by atoms with Crippen LogP contribution in [0.15, 0.2) is 23.1 Å². The summed E-state index contributed by atoms with van der Waals surface area (Å²) in [5.74, 6) is -1.55. The molecule has 1 aromatic heterocycles. The number of hydrogen-bond donors (Lipinski definition) is 2. The minimum absolute atomic E-state index is 0.178. The molecule has 1 aliphatic rings. The Balaban J connectivity index is 2.09. The molecule has 1 saturated carbocycles. The summed E-state index contributed by atoms with van der Waals surface area (Å²) in [5.41, 5.74) is -1.61. The maximum Gasteiger partial charge on any atom is 0.305 e. The van der Waals surface area contributed by atoms with E-state index in [0.29, 0.717) is 12.8 Å². The van der Waals surface area contributed by atoms with E-state index in [1.165, 1.54) is 0 Å². The number of rotatable bonds is 6. The number of aromatic nitrogens is 1. The molecule has 2 rings (SSSR count). The first-order valence-corrected chi connectivity index (χ1v) is 6.69. The number of nitrogens with one attached hydrogen (secondary N) is 1. The molecule has 118 valence electrons. The molecule has 1 aliphatic carbocycles.